The molecule has 202 valence electrons. The van der Waals surface area contributed by atoms with Gasteiger partial charge in [-0.05, 0) is 75.3 Å². The van der Waals surface area contributed by atoms with Gasteiger partial charge in [0.25, 0.3) is 5.91 Å². The summed E-state index contributed by atoms with van der Waals surface area (Å²) in [5, 5.41) is 13.1. The topological polar surface area (TPSA) is 91.8 Å². The molecular weight excluding hydrogens is 500 g/mol. The molecule has 2 N–H and O–H groups in total. The second kappa shape index (κ2) is 9.67. The lowest BCUT2D eigenvalue weighted by Crippen LogP contribution is -2.70. The summed E-state index contributed by atoms with van der Waals surface area (Å²) in [5.74, 6) is -0.204. The predicted octanol–water partition coefficient (Wildman–Crippen LogP) is 4.71. The molecule has 6 atom stereocenters. The van der Waals surface area contributed by atoms with Gasteiger partial charge in [0.1, 0.15) is 5.82 Å². The molecule has 2 heterocycles. The van der Waals surface area contributed by atoms with E-state index in [9.17, 15) is 23.5 Å². The molecule has 1 aliphatic heterocycles. The molecule has 0 spiro atoms. The maximum Gasteiger partial charge on any atom is 0.345 e. The average molecular weight is 536 g/mol. The number of carboxylic acids is 1. The Morgan fingerprint density at radius 3 is 2.68 bits per heavy atom. The largest absolute Gasteiger partial charge is 0.481 e. The third-order valence-electron chi connectivity index (χ3n) is 9.43. The molecule has 37 heavy (non-hydrogen) atoms. The van der Waals surface area contributed by atoms with Crippen molar-refractivity contribution in [2.24, 2.45) is 17.8 Å². The fourth-order valence-electron chi connectivity index (χ4n) is 8.19. The third-order valence-corrected chi connectivity index (χ3v) is 11.3. The van der Waals surface area contributed by atoms with E-state index in [0.29, 0.717) is 61.3 Å². The maximum absolute atomic E-state index is 13.5. The zero-order valence-corrected chi connectivity index (χ0v) is 21.7. The number of ether oxygens (including phenoxy) is 1. The molecule has 7 rings (SSSR count). The number of hydrogen-bond donors (Lipinski definition) is 2. The number of thioether (sulfide) groups is 1. The molecule has 1 amide bonds. The Kier molecular flexibility index (Phi) is 6.62. The number of halogens is 2. The van der Waals surface area contributed by atoms with Gasteiger partial charge in [-0.3, -0.25) is 9.59 Å². The van der Waals surface area contributed by atoms with Crippen molar-refractivity contribution in [3.8, 4) is 0 Å². The van der Waals surface area contributed by atoms with Crippen molar-refractivity contribution in [3.63, 3.8) is 0 Å². The standard InChI is InChI=1S/C27H35F2N3O4S/c28-25(29)36-26-10-16-9-19(12-26)22(27(11-16,15-26)37-20-3-1-2-4-20)31-23(33)17-5-6-21(30-13-17)32-8-7-18(14-32)24(34)35/h5-6,13,16,18-20,22,25H,1-4,7-12,14-15H2,(H,31,33)(H,34,35)/t16-,18?,19-,22-,26-,27-/m1/s1. The Hall–Kier alpha value is -1.94. The van der Waals surface area contributed by atoms with E-state index in [0.717, 1.165) is 25.7 Å². The molecule has 10 heteroatoms. The van der Waals surface area contributed by atoms with E-state index in [2.05, 4.69) is 10.3 Å². The lowest BCUT2D eigenvalue weighted by Gasteiger charge is -2.65. The quantitative estimate of drug-likeness (QED) is 0.498. The molecule has 1 saturated heterocycles. The van der Waals surface area contributed by atoms with Crippen LogP contribution < -0.4 is 10.2 Å². The average Bonchev–Trinajstić information content (AvgIpc) is 3.53. The molecule has 4 bridgehead atoms. The first-order valence-electron chi connectivity index (χ1n) is 13.6. The number of nitrogens with zero attached hydrogens (tertiary/aromatic N) is 2. The maximum atomic E-state index is 13.5. The highest BCUT2D eigenvalue weighted by atomic mass is 32.2. The predicted molar refractivity (Wildman–Crippen MR) is 136 cm³/mol. The van der Waals surface area contributed by atoms with E-state index in [1.165, 1.54) is 12.8 Å². The van der Waals surface area contributed by atoms with Crippen LogP contribution in [0.1, 0.15) is 74.6 Å². The molecule has 1 unspecified atom stereocenters. The number of alkyl halides is 2. The van der Waals surface area contributed by atoms with Crippen molar-refractivity contribution in [2.45, 2.75) is 92.5 Å². The van der Waals surface area contributed by atoms with Crippen LogP contribution in [0.3, 0.4) is 0 Å². The van der Waals surface area contributed by atoms with Crippen molar-refractivity contribution >= 4 is 29.5 Å². The third kappa shape index (κ3) is 4.84. The van der Waals surface area contributed by atoms with Crippen LogP contribution in [-0.4, -0.2) is 63.3 Å². The SMILES string of the molecule is O=C(N[C@@H]1[C@@H]2C[C@@H]3C[C@@](OC(F)F)(C2)C[C@]1(SC1CCCC1)C3)c1ccc(N2CCC(C(=O)O)C2)nc1. The number of rotatable bonds is 8. The number of carbonyl (C=O) groups excluding carboxylic acids is 1. The number of carboxylic acid groups (broad SMARTS) is 1. The van der Waals surface area contributed by atoms with Crippen LogP contribution in [0.5, 0.6) is 0 Å². The van der Waals surface area contributed by atoms with E-state index in [1.807, 2.05) is 16.7 Å². The van der Waals surface area contributed by atoms with Crippen LogP contribution in [0, 0.1) is 17.8 Å². The van der Waals surface area contributed by atoms with Gasteiger partial charge < -0.3 is 20.1 Å². The minimum absolute atomic E-state index is 0.0777. The summed E-state index contributed by atoms with van der Waals surface area (Å²) >= 11 is 1.95. The molecule has 1 aromatic heterocycles. The number of pyridine rings is 1. The summed E-state index contributed by atoms with van der Waals surface area (Å²) in [5.41, 5.74) is -0.314. The second-order valence-corrected chi connectivity index (χ2v) is 13.6. The van der Waals surface area contributed by atoms with Crippen LogP contribution in [0.25, 0.3) is 0 Å². The summed E-state index contributed by atoms with van der Waals surface area (Å²) in [4.78, 5) is 31.1. The van der Waals surface area contributed by atoms with E-state index >= 15 is 0 Å². The molecule has 6 fully saturated rings. The highest BCUT2D eigenvalue weighted by Crippen LogP contribution is 2.64. The van der Waals surface area contributed by atoms with Crippen LogP contribution in [0.15, 0.2) is 18.3 Å². The smallest absolute Gasteiger partial charge is 0.345 e. The monoisotopic (exact) mass is 535 g/mol. The van der Waals surface area contributed by atoms with Gasteiger partial charge in [0.05, 0.1) is 17.1 Å². The van der Waals surface area contributed by atoms with Gasteiger partial charge in [0, 0.05) is 35.3 Å². The van der Waals surface area contributed by atoms with E-state index in [-0.39, 0.29) is 22.6 Å². The number of aliphatic carboxylic acids is 1. The zero-order valence-electron chi connectivity index (χ0n) is 20.9. The Bertz CT molecular complexity index is 1030. The summed E-state index contributed by atoms with van der Waals surface area (Å²) < 4.78 is 32.0. The van der Waals surface area contributed by atoms with Crippen LogP contribution >= 0.6 is 11.8 Å². The minimum Gasteiger partial charge on any atom is -0.481 e. The van der Waals surface area contributed by atoms with E-state index in [1.54, 1.807) is 18.3 Å². The highest BCUT2D eigenvalue weighted by molar-refractivity contribution is 8.01. The van der Waals surface area contributed by atoms with Crippen molar-refractivity contribution < 1.29 is 28.2 Å². The number of nitrogens with one attached hydrogen (secondary N) is 1. The lowest BCUT2D eigenvalue weighted by molar-refractivity contribution is -0.256. The van der Waals surface area contributed by atoms with Gasteiger partial charge in [-0.15, -0.1) is 11.8 Å². The Morgan fingerprint density at radius 2 is 2.00 bits per heavy atom. The molecule has 5 aliphatic carbocycles. The summed E-state index contributed by atoms with van der Waals surface area (Å²) in [7, 11) is 0. The molecule has 7 nitrogen and oxygen atoms in total. The van der Waals surface area contributed by atoms with Crippen LogP contribution in [0.2, 0.25) is 0 Å². The fraction of sp³-hybridized carbons (Fsp3) is 0.741. The van der Waals surface area contributed by atoms with Crippen molar-refractivity contribution in [2.75, 3.05) is 18.0 Å². The van der Waals surface area contributed by atoms with Crippen LogP contribution in [-0.2, 0) is 9.53 Å². The molecule has 6 aliphatic rings. The number of carbonyl (C=O) groups is 2. The fourth-order valence-corrected chi connectivity index (χ4v) is 10.5. The van der Waals surface area contributed by atoms with Crippen molar-refractivity contribution in [1.29, 1.82) is 0 Å². The van der Waals surface area contributed by atoms with Gasteiger partial charge in [0.2, 0.25) is 0 Å². The lowest BCUT2D eigenvalue weighted by atomic mass is 9.51. The summed E-state index contributed by atoms with van der Waals surface area (Å²) in [6.45, 7) is -1.73. The van der Waals surface area contributed by atoms with Gasteiger partial charge in [0.15, 0.2) is 0 Å². The van der Waals surface area contributed by atoms with Gasteiger partial charge in [-0.25, -0.2) is 4.98 Å². The Labute approximate surface area is 220 Å². The molecule has 0 aromatic carbocycles. The number of hydrogen-bond acceptors (Lipinski definition) is 6. The number of aromatic nitrogens is 1. The van der Waals surface area contributed by atoms with Crippen molar-refractivity contribution in [1.82, 2.24) is 10.3 Å². The molecule has 0 radical (unpaired) electrons. The van der Waals surface area contributed by atoms with E-state index in [4.69, 9.17) is 4.74 Å². The first kappa shape index (κ1) is 25.3. The van der Waals surface area contributed by atoms with Gasteiger partial charge in [-0.1, -0.05) is 12.8 Å². The van der Waals surface area contributed by atoms with Crippen molar-refractivity contribution in [3.05, 3.63) is 23.9 Å². The van der Waals surface area contributed by atoms with E-state index < -0.39 is 24.1 Å². The van der Waals surface area contributed by atoms with Crippen LogP contribution in [0.4, 0.5) is 14.6 Å². The highest BCUT2D eigenvalue weighted by Gasteiger charge is 2.64. The summed E-state index contributed by atoms with van der Waals surface area (Å²) in [6, 6.07) is 3.45. The second-order valence-electron chi connectivity index (χ2n) is 11.9. The molecule has 5 saturated carbocycles. The minimum atomic E-state index is -2.77. The Balaban J connectivity index is 1.20. The zero-order chi connectivity index (χ0) is 25.8. The molecular formula is C27H35F2N3O4S. The summed E-state index contributed by atoms with van der Waals surface area (Å²) in [6.07, 6.45) is 10.6. The first-order chi connectivity index (χ1) is 17.7. The number of amides is 1. The number of anilines is 1. The van der Waals surface area contributed by atoms with Gasteiger partial charge in [-0.2, -0.15) is 8.78 Å². The van der Waals surface area contributed by atoms with Gasteiger partial charge >= 0.3 is 12.6 Å². The Morgan fingerprint density at radius 1 is 1.19 bits per heavy atom. The molecule has 1 aromatic rings. The normalized spacial score (nSPS) is 37.0. The first-order valence-corrected chi connectivity index (χ1v) is 14.5.